The van der Waals surface area contributed by atoms with Crippen molar-refractivity contribution in [2.24, 2.45) is 0 Å². The van der Waals surface area contributed by atoms with Gasteiger partial charge in [0.25, 0.3) is 6.43 Å². The Balaban J connectivity index is 1.68. The summed E-state index contributed by atoms with van der Waals surface area (Å²) >= 11 is 0. The third kappa shape index (κ3) is 3.81. The first kappa shape index (κ1) is 20.5. The average molecular weight is 438 g/mol. The maximum absolute atomic E-state index is 12.9. The molecule has 0 bridgehead atoms. The zero-order chi connectivity index (χ0) is 22.2. The first-order chi connectivity index (χ1) is 15.5. The maximum atomic E-state index is 12.9. The van der Waals surface area contributed by atoms with Gasteiger partial charge in [-0.2, -0.15) is 20.5 Å². The summed E-state index contributed by atoms with van der Waals surface area (Å²) in [6, 6.07) is 6.27. The van der Waals surface area contributed by atoms with Gasteiger partial charge in [0.1, 0.15) is 5.69 Å². The fourth-order valence-corrected chi connectivity index (χ4v) is 4.32. The first-order valence-electron chi connectivity index (χ1n) is 10.6. The molecule has 1 aliphatic rings. The Morgan fingerprint density at radius 1 is 1.16 bits per heavy atom. The Morgan fingerprint density at radius 3 is 2.66 bits per heavy atom. The number of nitrogens with zero attached hydrogens (tertiary/aromatic N) is 5. The van der Waals surface area contributed by atoms with Gasteiger partial charge in [-0.1, -0.05) is 6.07 Å². The number of hydrogen-bond donors (Lipinski definition) is 3. The highest BCUT2D eigenvalue weighted by atomic mass is 19.3. The second kappa shape index (κ2) is 8.27. The fourth-order valence-electron chi connectivity index (χ4n) is 4.32. The van der Waals surface area contributed by atoms with E-state index in [1.165, 1.54) is 0 Å². The Morgan fingerprint density at radius 2 is 2.00 bits per heavy atom. The largest absolute Gasteiger partial charge is 0.382 e. The predicted molar refractivity (Wildman–Crippen MR) is 119 cm³/mol. The normalized spacial score (nSPS) is 15.1. The van der Waals surface area contributed by atoms with E-state index in [4.69, 9.17) is 4.98 Å². The minimum absolute atomic E-state index is 0.0659. The van der Waals surface area contributed by atoms with E-state index < -0.39 is 6.43 Å². The van der Waals surface area contributed by atoms with Crippen LogP contribution >= 0.6 is 0 Å². The van der Waals surface area contributed by atoms with Gasteiger partial charge in [-0.15, -0.1) is 0 Å². The highest BCUT2D eigenvalue weighted by molar-refractivity contribution is 5.99. The Kier molecular flexibility index (Phi) is 5.30. The number of hydrogen-bond acceptors (Lipinski definition) is 6. The van der Waals surface area contributed by atoms with Crippen molar-refractivity contribution in [3.63, 3.8) is 0 Å². The van der Waals surface area contributed by atoms with Crippen LogP contribution in [0.1, 0.15) is 25.3 Å². The Labute approximate surface area is 183 Å². The van der Waals surface area contributed by atoms with Crippen LogP contribution in [0.3, 0.4) is 0 Å². The quantitative estimate of drug-likeness (QED) is 0.405. The van der Waals surface area contributed by atoms with E-state index in [0.717, 1.165) is 39.0 Å². The molecule has 4 heterocycles. The van der Waals surface area contributed by atoms with Crippen molar-refractivity contribution in [1.29, 1.82) is 0 Å². The molecule has 166 valence electrons. The molecule has 0 amide bonds. The molecule has 0 aliphatic carbocycles. The summed E-state index contributed by atoms with van der Waals surface area (Å²) in [6.45, 7) is 5.05. The molecule has 5 rings (SSSR count). The van der Waals surface area contributed by atoms with Crippen molar-refractivity contribution in [3.8, 4) is 22.5 Å². The molecule has 0 unspecified atom stereocenters. The van der Waals surface area contributed by atoms with Crippen LogP contribution in [-0.4, -0.2) is 67.6 Å². The molecule has 0 spiro atoms. The SMILES string of the molecule is CC(C)Nc1c(C2CN(CC(F)F)C2)c(-c2cn[nH]n2)nc2ccc(-c3cn[nH]c3)cc12. The number of benzene rings is 1. The zero-order valence-electron chi connectivity index (χ0n) is 17.8. The lowest BCUT2D eigenvalue weighted by Gasteiger charge is -2.41. The van der Waals surface area contributed by atoms with Gasteiger partial charge in [0.2, 0.25) is 0 Å². The van der Waals surface area contributed by atoms with E-state index in [1.54, 1.807) is 17.3 Å². The molecule has 8 nitrogen and oxygen atoms in total. The molecule has 1 saturated heterocycles. The number of likely N-dealkylation sites (tertiary alicyclic amines) is 1. The minimum Gasteiger partial charge on any atom is -0.382 e. The lowest BCUT2D eigenvalue weighted by molar-refractivity contribution is 0.0468. The number of aromatic nitrogens is 6. The standard InChI is InChI=1S/C22H24F2N8/c1-12(2)28-21-16-5-13(14-6-25-26-7-14)3-4-17(16)29-22(18-8-27-31-30-18)20(21)15-9-32(10-15)11-19(23)24/h3-8,12,15,19H,9-11H2,1-2H3,(H,25,26)(H,28,29)(H,27,30,31). The second-order valence-corrected chi connectivity index (χ2v) is 8.43. The zero-order valence-corrected chi connectivity index (χ0v) is 17.8. The molecule has 3 N–H and O–H groups in total. The summed E-state index contributed by atoms with van der Waals surface area (Å²) in [4.78, 5) is 6.72. The molecule has 1 fully saturated rings. The average Bonchev–Trinajstić information content (AvgIpc) is 3.44. The van der Waals surface area contributed by atoms with Crippen LogP contribution < -0.4 is 5.32 Å². The summed E-state index contributed by atoms with van der Waals surface area (Å²) < 4.78 is 25.8. The van der Waals surface area contributed by atoms with Crippen LogP contribution in [-0.2, 0) is 0 Å². The van der Waals surface area contributed by atoms with Crippen LogP contribution in [0.2, 0.25) is 0 Å². The molecule has 3 aromatic heterocycles. The van der Waals surface area contributed by atoms with Gasteiger partial charge in [-0.25, -0.2) is 13.8 Å². The van der Waals surface area contributed by atoms with Gasteiger partial charge in [0, 0.05) is 53.4 Å². The van der Waals surface area contributed by atoms with Crippen LogP contribution in [0.25, 0.3) is 33.4 Å². The molecule has 1 aromatic carbocycles. The van der Waals surface area contributed by atoms with Gasteiger partial charge in [-0.05, 0) is 31.5 Å². The first-order valence-corrected chi connectivity index (χ1v) is 10.6. The molecule has 0 radical (unpaired) electrons. The molecule has 10 heteroatoms. The van der Waals surface area contributed by atoms with Crippen molar-refractivity contribution in [2.45, 2.75) is 32.2 Å². The molecule has 32 heavy (non-hydrogen) atoms. The Hall–Kier alpha value is -3.40. The molecular weight excluding hydrogens is 414 g/mol. The van der Waals surface area contributed by atoms with Crippen LogP contribution in [0.15, 0.2) is 36.8 Å². The summed E-state index contributed by atoms with van der Waals surface area (Å²) in [5.74, 6) is 0.0659. The number of alkyl halides is 2. The molecule has 0 saturated carbocycles. The predicted octanol–water partition coefficient (Wildman–Crippen LogP) is 3.89. The van der Waals surface area contributed by atoms with E-state index in [9.17, 15) is 8.78 Å². The van der Waals surface area contributed by atoms with Crippen LogP contribution in [0.5, 0.6) is 0 Å². The van der Waals surface area contributed by atoms with E-state index in [0.29, 0.717) is 18.8 Å². The highest BCUT2D eigenvalue weighted by Crippen LogP contribution is 2.42. The van der Waals surface area contributed by atoms with Crippen molar-refractivity contribution < 1.29 is 8.78 Å². The fraction of sp³-hybridized carbons (Fsp3) is 0.364. The van der Waals surface area contributed by atoms with Gasteiger partial charge in [-0.3, -0.25) is 10.00 Å². The van der Waals surface area contributed by atoms with Gasteiger partial charge >= 0.3 is 0 Å². The maximum Gasteiger partial charge on any atom is 0.251 e. The molecule has 4 aromatic rings. The van der Waals surface area contributed by atoms with Crippen molar-refractivity contribution >= 4 is 16.6 Å². The summed E-state index contributed by atoms with van der Waals surface area (Å²) in [5.41, 5.74) is 6.16. The van der Waals surface area contributed by atoms with Gasteiger partial charge in [0.05, 0.1) is 30.1 Å². The molecule has 0 atom stereocenters. The minimum atomic E-state index is -2.34. The number of halogens is 2. The Bertz CT molecular complexity index is 1200. The smallest absolute Gasteiger partial charge is 0.251 e. The highest BCUT2D eigenvalue weighted by Gasteiger charge is 2.35. The van der Waals surface area contributed by atoms with Crippen LogP contribution in [0.4, 0.5) is 14.5 Å². The number of aromatic amines is 2. The third-order valence-electron chi connectivity index (χ3n) is 5.71. The van der Waals surface area contributed by atoms with Gasteiger partial charge < -0.3 is 5.32 Å². The summed E-state index contributed by atoms with van der Waals surface area (Å²) in [5, 5.41) is 22.4. The lowest BCUT2D eigenvalue weighted by atomic mass is 9.86. The van der Waals surface area contributed by atoms with Crippen molar-refractivity contribution in [2.75, 3.05) is 25.0 Å². The van der Waals surface area contributed by atoms with Crippen molar-refractivity contribution in [3.05, 3.63) is 42.4 Å². The van der Waals surface area contributed by atoms with Crippen LogP contribution in [0, 0.1) is 0 Å². The van der Waals surface area contributed by atoms with E-state index in [2.05, 4.69) is 50.8 Å². The third-order valence-corrected chi connectivity index (χ3v) is 5.71. The number of H-pyrrole nitrogens is 2. The summed E-state index contributed by atoms with van der Waals surface area (Å²) in [6.07, 6.45) is 2.93. The number of rotatable bonds is 7. The van der Waals surface area contributed by atoms with E-state index in [-0.39, 0.29) is 18.5 Å². The number of nitrogens with one attached hydrogen (secondary N) is 3. The van der Waals surface area contributed by atoms with Crippen molar-refractivity contribution in [1.82, 2.24) is 35.5 Å². The molecule has 1 aliphatic heterocycles. The monoisotopic (exact) mass is 438 g/mol. The lowest BCUT2D eigenvalue weighted by Crippen LogP contribution is -2.47. The topological polar surface area (TPSA) is 98.4 Å². The number of anilines is 1. The van der Waals surface area contributed by atoms with Gasteiger partial charge in [0.15, 0.2) is 0 Å². The number of pyridine rings is 1. The second-order valence-electron chi connectivity index (χ2n) is 8.43. The molecular formula is C22H24F2N8. The number of fused-ring (bicyclic) bond motifs is 1. The van der Waals surface area contributed by atoms with E-state index in [1.807, 2.05) is 18.3 Å². The summed E-state index contributed by atoms with van der Waals surface area (Å²) in [7, 11) is 0. The van der Waals surface area contributed by atoms with E-state index >= 15 is 0 Å².